The highest BCUT2D eigenvalue weighted by Gasteiger charge is 2.26. The van der Waals surface area contributed by atoms with Crippen molar-refractivity contribution in [1.29, 1.82) is 0 Å². The van der Waals surface area contributed by atoms with Crippen LogP contribution in [0.3, 0.4) is 0 Å². The number of hydrogen-bond donors (Lipinski definition) is 1. The highest BCUT2D eigenvalue weighted by molar-refractivity contribution is 7.16. The molecule has 0 atom stereocenters. The van der Waals surface area contributed by atoms with Crippen molar-refractivity contribution >= 4 is 46.3 Å². The van der Waals surface area contributed by atoms with Gasteiger partial charge in [0.1, 0.15) is 29.3 Å². The highest BCUT2D eigenvalue weighted by atomic mass is 32.1. The van der Waals surface area contributed by atoms with Crippen LogP contribution in [0.5, 0.6) is 5.75 Å². The summed E-state index contributed by atoms with van der Waals surface area (Å²) >= 11 is 1.53. The number of aromatic nitrogens is 3. The zero-order valence-corrected chi connectivity index (χ0v) is 21.2. The van der Waals surface area contributed by atoms with Gasteiger partial charge in [-0.2, -0.15) is 0 Å². The van der Waals surface area contributed by atoms with E-state index in [1.807, 2.05) is 69.5 Å². The molecule has 1 saturated heterocycles. The van der Waals surface area contributed by atoms with E-state index >= 15 is 0 Å². The second-order valence-electron chi connectivity index (χ2n) is 9.02. The summed E-state index contributed by atoms with van der Waals surface area (Å²) in [5.41, 5.74) is 0.557. The third-order valence-corrected chi connectivity index (χ3v) is 6.08. The number of nitrogens with zero attached hydrogens (tertiary/aromatic N) is 5. The van der Waals surface area contributed by atoms with E-state index in [1.165, 1.54) is 17.7 Å². The lowest BCUT2D eigenvalue weighted by Crippen LogP contribution is -2.50. The molecule has 1 aliphatic rings. The minimum atomic E-state index is -0.498. The lowest BCUT2D eigenvalue weighted by Gasteiger charge is -2.36. The zero-order chi connectivity index (χ0) is 24.8. The fraction of sp³-hybridized carbons (Fsp3) is 0.360. The van der Waals surface area contributed by atoms with Crippen molar-refractivity contribution in [2.75, 3.05) is 43.5 Å². The molecule has 1 amide bonds. The quantitative estimate of drug-likeness (QED) is 0.517. The Morgan fingerprint density at radius 1 is 1.09 bits per heavy atom. The molecule has 10 heteroatoms. The van der Waals surface area contributed by atoms with Gasteiger partial charge in [0.15, 0.2) is 5.13 Å². The van der Waals surface area contributed by atoms with E-state index in [4.69, 9.17) is 9.47 Å². The second-order valence-corrected chi connectivity index (χ2v) is 10.1. The van der Waals surface area contributed by atoms with E-state index in [0.717, 1.165) is 27.1 Å². The molecule has 3 heterocycles. The first kappa shape index (κ1) is 24.5. The normalized spacial score (nSPS) is 14.3. The number of anilines is 3. The van der Waals surface area contributed by atoms with Gasteiger partial charge in [0, 0.05) is 43.3 Å². The molecule has 0 aliphatic carbocycles. The first-order valence-corrected chi connectivity index (χ1v) is 12.2. The van der Waals surface area contributed by atoms with Crippen LogP contribution in [-0.2, 0) is 4.74 Å². The summed E-state index contributed by atoms with van der Waals surface area (Å²) < 4.78 is 10.7. The van der Waals surface area contributed by atoms with Gasteiger partial charge in [-0.15, -0.1) is 0 Å². The smallest absolute Gasteiger partial charge is 0.410 e. The first-order chi connectivity index (χ1) is 16.8. The number of thiazole rings is 1. The van der Waals surface area contributed by atoms with E-state index in [0.29, 0.717) is 32.0 Å². The van der Waals surface area contributed by atoms with Gasteiger partial charge in [0.05, 0.1) is 7.11 Å². The molecule has 2 aromatic heterocycles. The Balaban J connectivity index is 1.34. The highest BCUT2D eigenvalue weighted by Crippen LogP contribution is 2.25. The predicted molar refractivity (Wildman–Crippen MR) is 139 cm³/mol. The van der Waals surface area contributed by atoms with E-state index in [2.05, 4.69) is 25.2 Å². The largest absolute Gasteiger partial charge is 0.497 e. The number of carbonyl (C=O) groups excluding carboxylic acids is 1. The Morgan fingerprint density at radius 2 is 1.89 bits per heavy atom. The second kappa shape index (κ2) is 10.7. The van der Waals surface area contributed by atoms with E-state index in [-0.39, 0.29) is 6.09 Å². The van der Waals surface area contributed by atoms with Crippen LogP contribution in [0.4, 0.5) is 21.6 Å². The molecule has 184 valence electrons. The Bertz CT molecular complexity index is 1180. The maximum absolute atomic E-state index is 12.3. The zero-order valence-electron chi connectivity index (χ0n) is 20.4. The molecule has 4 rings (SSSR count). The molecule has 35 heavy (non-hydrogen) atoms. The van der Waals surface area contributed by atoms with E-state index < -0.39 is 5.60 Å². The van der Waals surface area contributed by atoms with Crippen molar-refractivity contribution < 1.29 is 14.3 Å². The maximum atomic E-state index is 12.3. The average Bonchev–Trinajstić information content (AvgIpc) is 3.29. The number of methoxy groups -OCH3 is 1. The topological polar surface area (TPSA) is 92.7 Å². The van der Waals surface area contributed by atoms with Gasteiger partial charge >= 0.3 is 6.09 Å². The lowest BCUT2D eigenvalue weighted by atomic mass is 10.2. The SMILES string of the molecule is COc1cccc(C=Cc2cnc(Nc3cc(N4CCN(C(=O)OC(C)(C)C)CC4)ncn3)s2)c1. The minimum Gasteiger partial charge on any atom is -0.497 e. The van der Waals surface area contributed by atoms with Crippen LogP contribution in [-0.4, -0.2) is 64.8 Å². The fourth-order valence-corrected chi connectivity index (χ4v) is 4.21. The third-order valence-electron chi connectivity index (χ3n) is 5.20. The summed E-state index contributed by atoms with van der Waals surface area (Å²) in [6, 6.07) is 9.78. The van der Waals surface area contributed by atoms with Gasteiger partial charge in [-0.25, -0.2) is 19.7 Å². The van der Waals surface area contributed by atoms with Gasteiger partial charge in [-0.05, 0) is 44.5 Å². The van der Waals surface area contributed by atoms with E-state index in [9.17, 15) is 4.79 Å². The van der Waals surface area contributed by atoms with Crippen LogP contribution in [0.15, 0.2) is 42.9 Å². The van der Waals surface area contributed by atoms with Crippen molar-refractivity contribution in [2.24, 2.45) is 0 Å². The Morgan fingerprint density at radius 3 is 2.63 bits per heavy atom. The van der Waals surface area contributed by atoms with Crippen molar-refractivity contribution in [3.8, 4) is 5.75 Å². The number of hydrogen-bond acceptors (Lipinski definition) is 9. The number of piperazine rings is 1. The van der Waals surface area contributed by atoms with Crippen molar-refractivity contribution in [2.45, 2.75) is 26.4 Å². The summed E-state index contributed by atoms with van der Waals surface area (Å²) in [6.45, 7) is 8.13. The average molecular weight is 495 g/mol. The van der Waals surface area contributed by atoms with Crippen LogP contribution >= 0.6 is 11.3 Å². The first-order valence-electron chi connectivity index (χ1n) is 11.4. The van der Waals surface area contributed by atoms with Crippen molar-refractivity contribution in [3.63, 3.8) is 0 Å². The minimum absolute atomic E-state index is 0.276. The van der Waals surface area contributed by atoms with Crippen molar-refractivity contribution in [1.82, 2.24) is 19.9 Å². The van der Waals surface area contributed by atoms with E-state index in [1.54, 1.807) is 12.0 Å². The summed E-state index contributed by atoms with van der Waals surface area (Å²) in [4.78, 5) is 30.4. The number of rotatable bonds is 6. The van der Waals surface area contributed by atoms with Crippen LogP contribution in [0.1, 0.15) is 31.2 Å². The van der Waals surface area contributed by atoms with Crippen LogP contribution in [0.25, 0.3) is 12.2 Å². The number of benzene rings is 1. The summed E-state index contributed by atoms with van der Waals surface area (Å²) in [5.74, 6) is 2.30. The third kappa shape index (κ3) is 6.92. The molecule has 1 N–H and O–H groups in total. The summed E-state index contributed by atoms with van der Waals surface area (Å²) in [6.07, 6.45) is 7.13. The molecular formula is C25H30N6O3S. The monoisotopic (exact) mass is 494 g/mol. The number of ether oxygens (including phenoxy) is 2. The molecule has 1 fully saturated rings. The molecular weight excluding hydrogens is 464 g/mol. The number of carbonyl (C=O) groups is 1. The van der Waals surface area contributed by atoms with Gasteiger partial charge in [0.2, 0.25) is 0 Å². The van der Waals surface area contributed by atoms with Gasteiger partial charge < -0.3 is 24.6 Å². The molecule has 0 spiro atoms. The molecule has 9 nitrogen and oxygen atoms in total. The Labute approximate surface area is 209 Å². The van der Waals surface area contributed by atoms with Gasteiger partial charge in [-0.3, -0.25) is 0 Å². The molecule has 1 aliphatic heterocycles. The van der Waals surface area contributed by atoms with Crippen LogP contribution in [0.2, 0.25) is 0 Å². The molecule has 0 unspecified atom stereocenters. The molecule has 3 aromatic rings. The lowest BCUT2D eigenvalue weighted by molar-refractivity contribution is 0.0240. The fourth-order valence-electron chi connectivity index (χ4n) is 3.49. The Kier molecular flexibility index (Phi) is 7.50. The van der Waals surface area contributed by atoms with Crippen molar-refractivity contribution in [3.05, 3.63) is 53.3 Å². The van der Waals surface area contributed by atoms with Gasteiger partial charge in [-0.1, -0.05) is 29.5 Å². The number of amides is 1. The Hall–Kier alpha value is -3.66. The van der Waals surface area contributed by atoms with Crippen LogP contribution < -0.4 is 15.0 Å². The molecule has 0 bridgehead atoms. The van der Waals surface area contributed by atoms with Crippen LogP contribution in [0, 0.1) is 0 Å². The van der Waals surface area contributed by atoms with Gasteiger partial charge in [0.25, 0.3) is 0 Å². The molecule has 0 radical (unpaired) electrons. The summed E-state index contributed by atoms with van der Waals surface area (Å²) in [5, 5.41) is 4.01. The molecule has 0 saturated carbocycles. The standard InChI is InChI=1S/C25H30N6O3S/c1-25(2,3)34-24(32)31-12-10-30(11-13-31)22-15-21(27-17-28-22)29-23-26-16-20(35-23)9-8-18-6-5-7-19(14-18)33-4/h5-9,14-17H,10-13H2,1-4H3,(H,26,27,28,29). The number of nitrogens with one attached hydrogen (secondary N) is 1. The summed E-state index contributed by atoms with van der Waals surface area (Å²) in [7, 11) is 1.66. The molecule has 1 aromatic carbocycles. The predicted octanol–water partition coefficient (Wildman–Crippen LogP) is 4.91. The maximum Gasteiger partial charge on any atom is 0.410 e.